The molecule has 1 heterocycles. The van der Waals surface area contributed by atoms with E-state index in [0.717, 1.165) is 0 Å². The molecule has 2 rings (SSSR count). The van der Waals surface area contributed by atoms with Gasteiger partial charge in [-0.25, -0.2) is 4.79 Å². The lowest BCUT2D eigenvalue weighted by molar-refractivity contribution is -0.325. The Hall–Kier alpha value is -2.02. The molecule has 0 aliphatic carbocycles. The van der Waals surface area contributed by atoms with E-state index in [1.165, 1.54) is 12.1 Å². The van der Waals surface area contributed by atoms with Crippen LogP contribution in [0.5, 0.6) is 0 Å². The minimum absolute atomic E-state index is 0.0371. The Balaban J connectivity index is 2.15. The Bertz CT molecular complexity index is 604. The molecule has 1 aromatic heterocycles. The van der Waals surface area contributed by atoms with Gasteiger partial charge in [0.25, 0.3) is 0 Å². The summed E-state index contributed by atoms with van der Waals surface area (Å²) in [6.45, 7) is -0.455. The van der Waals surface area contributed by atoms with Crippen LogP contribution in [-0.4, -0.2) is 28.6 Å². The van der Waals surface area contributed by atoms with Crippen molar-refractivity contribution in [2.45, 2.75) is 12.9 Å². The van der Waals surface area contributed by atoms with E-state index < -0.39 is 18.9 Å². The molecule has 0 atom stereocenters. The fourth-order valence-corrected chi connectivity index (χ4v) is 1.79. The summed E-state index contributed by atoms with van der Waals surface area (Å²) in [6, 6.07) is 6.09. The molecule has 0 amide bonds. The summed E-state index contributed by atoms with van der Waals surface area (Å²) in [4.78, 5) is 10.8. The molecular weight excluding hydrogens is 263 g/mol. The normalized spacial score (nSPS) is 11.9. The second-order valence-electron chi connectivity index (χ2n) is 3.88. The zero-order valence-corrected chi connectivity index (χ0v) is 9.65. The van der Waals surface area contributed by atoms with Crippen LogP contribution in [0.3, 0.4) is 0 Å². The number of carbonyl (C=O) groups is 1. The van der Waals surface area contributed by atoms with Gasteiger partial charge in [-0.3, -0.25) is 4.74 Å². The second kappa shape index (κ2) is 4.93. The number of nitrogens with zero attached hydrogens (tertiary/aromatic N) is 1. The van der Waals surface area contributed by atoms with Crippen LogP contribution in [0.25, 0.3) is 10.9 Å². The first-order valence-corrected chi connectivity index (χ1v) is 5.40. The molecule has 7 heteroatoms. The summed E-state index contributed by atoms with van der Waals surface area (Å²) in [5.74, 6) is -1.05. The van der Waals surface area contributed by atoms with Crippen molar-refractivity contribution < 1.29 is 27.8 Å². The highest BCUT2D eigenvalue weighted by molar-refractivity contribution is 5.93. The smallest absolute Gasteiger partial charge is 0.478 e. The number of carboxylic acid groups (broad SMARTS) is 1. The monoisotopic (exact) mass is 273 g/mol. The van der Waals surface area contributed by atoms with Gasteiger partial charge >= 0.3 is 12.3 Å². The van der Waals surface area contributed by atoms with Crippen LogP contribution in [0.4, 0.5) is 13.2 Å². The van der Waals surface area contributed by atoms with Crippen LogP contribution in [0, 0.1) is 0 Å². The van der Waals surface area contributed by atoms with Gasteiger partial charge in [0, 0.05) is 23.6 Å². The molecule has 4 nitrogen and oxygen atoms in total. The predicted molar refractivity (Wildman–Crippen MR) is 60.9 cm³/mol. The topological polar surface area (TPSA) is 51.5 Å². The van der Waals surface area contributed by atoms with Crippen molar-refractivity contribution in [1.29, 1.82) is 0 Å². The zero-order valence-electron chi connectivity index (χ0n) is 9.65. The zero-order chi connectivity index (χ0) is 14.0. The van der Waals surface area contributed by atoms with Gasteiger partial charge in [-0.1, -0.05) is 0 Å². The van der Waals surface area contributed by atoms with Gasteiger partial charge in [0.05, 0.1) is 12.2 Å². The maximum absolute atomic E-state index is 11.8. The Morgan fingerprint density at radius 1 is 1.32 bits per heavy atom. The lowest BCUT2D eigenvalue weighted by Gasteiger charge is -2.09. The van der Waals surface area contributed by atoms with Gasteiger partial charge < -0.3 is 9.67 Å². The van der Waals surface area contributed by atoms with Crippen LogP contribution in [-0.2, 0) is 11.3 Å². The Labute approximate surface area is 106 Å². The number of aromatic nitrogens is 1. The Morgan fingerprint density at radius 3 is 2.68 bits per heavy atom. The number of hydrogen-bond acceptors (Lipinski definition) is 2. The molecule has 19 heavy (non-hydrogen) atoms. The van der Waals surface area contributed by atoms with Gasteiger partial charge in [0.1, 0.15) is 0 Å². The molecule has 1 N–H and O–H groups in total. The predicted octanol–water partition coefficient (Wildman–Crippen LogP) is 2.88. The number of rotatable bonds is 4. The van der Waals surface area contributed by atoms with Crippen LogP contribution < -0.4 is 0 Å². The fourth-order valence-electron chi connectivity index (χ4n) is 1.79. The summed E-state index contributed by atoms with van der Waals surface area (Å²) >= 11 is 0. The third-order valence-electron chi connectivity index (χ3n) is 2.62. The van der Waals surface area contributed by atoms with Gasteiger partial charge in [-0.15, -0.1) is 13.2 Å². The third kappa shape index (κ3) is 3.25. The summed E-state index contributed by atoms with van der Waals surface area (Å²) in [5, 5.41) is 9.49. The average Bonchev–Trinajstić information content (AvgIpc) is 2.70. The maximum Gasteiger partial charge on any atom is 0.522 e. The highest BCUT2D eigenvalue weighted by atomic mass is 19.4. The Morgan fingerprint density at radius 2 is 2.05 bits per heavy atom. The van der Waals surface area contributed by atoms with E-state index in [1.807, 2.05) is 0 Å². The second-order valence-corrected chi connectivity index (χ2v) is 3.88. The van der Waals surface area contributed by atoms with Gasteiger partial charge in [-0.2, -0.15) is 0 Å². The van der Waals surface area contributed by atoms with E-state index in [2.05, 4.69) is 4.74 Å². The van der Waals surface area contributed by atoms with Crippen molar-refractivity contribution in [2.75, 3.05) is 6.61 Å². The average molecular weight is 273 g/mol. The number of fused-ring (bicyclic) bond motifs is 1. The standard InChI is InChI=1S/C12H10F3NO3/c13-12(14,15)19-6-5-16-4-3-8-7-9(11(17)18)1-2-10(8)16/h1-4,7H,5-6H2,(H,17,18). The van der Waals surface area contributed by atoms with Crippen molar-refractivity contribution in [3.63, 3.8) is 0 Å². The number of alkyl halides is 3. The van der Waals surface area contributed by atoms with E-state index in [0.29, 0.717) is 10.9 Å². The summed E-state index contributed by atoms with van der Waals surface area (Å²) < 4.78 is 40.8. The largest absolute Gasteiger partial charge is 0.522 e. The number of hydrogen-bond donors (Lipinski definition) is 1. The number of benzene rings is 1. The SMILES string of the molecule is O=C(O)c1ccc2c(ccn2CCOC(F)(F)F)c1. The number of aromatic carboxylic acids is 1. The van der Waals surface area contributed by atoms with Crippen LogP contribution in [0.2, 0.25) is 0 Å². The van der Waals surface area contributed by atoms with Crippen LogP contribution >= 0.6 is 0 Å². The van der Waals surface area contributed by atoms with Gasteiger partial charge in [0.15, 0.2) is 0 Å². The van der Waals surface area contributed by atoms with Crippen molar-refractivity contribution in [1.82, 2.24) is 4.57 Å². The lowest BCUT2D eigenvalue weighted by atomic mass is 10.1. The van der Waals surface area contributed by atoms with Crippen molar-refractivity contribution >= 4 is 16.9 Å². The van der Waals surface area contributed by atoms with Crippen LogP contribution in [0.1, 0.15) is 10.4 Å². The molecule has 0 saturated heterocycles. The molecule has 0 aliphatic rings. The van der Waals surface area contributed by atoms with Crippen molar-refractivity contribution in [2.24, 2.45) is 0 Å². The molecule has 0 radical (unpaired) electrons. The highest BCUT2D eigenvalue weighted by Crippen LogP contribution is 2.19. The summed E-state index contributed by atoms with van der Waals surface area (Å²) in [5.41, 5.74) is 0.799. The number of carboxylic acids is 1. The number of halogens is 3. The molecule has 0 bridgehead atoms. The minimum atomic E-state index is -4.64. The first-order valence-electron chi connectivity index (χ1n) is 5.40. The number of ether oxygens (including phenoxy) is 1. The molecule has 0 fully saturated rings. The molecular formula is C12H10F3NO3. The van der Waals surface area contributed by atoms with E-state index in [9.17, 15) is 18.0 Å². The van der Waals surface area contributed by atoms with E-state index in [-0.39, 0.29) is 12.1 Å². The summed E-state index contributed by atoms with van der Waals surface area (Å²) in [6.07, 6.45) is -3.05. The van der Waals surface area contributed by atoms with Gasteiger partial charge in [-0.05, 0) is 24.3 Å². The summed E-state index contributed by atoms with van der Waals surface area (Å²) in [7, 11) is 0. The highest BCUT2D eigenvalue weighted by Gasteiger charge is 2.28. The van der Waals surface area contributed by atoms with E-state index in [4.69, 9.17) is 5.11 Å². The molecule has 2 aromatic rings. The third-order valence-corrected chi connectivity index (χ3v) is 2.62. The van der Waals surface area contributed by atoms with Crippen LogP contribution in [0.15, 0.2) is 30.5 Å². The molecule has 1 aromatic carbocycles. The molecule has 0 saturated carbocycles. The van der Waals surface area contributed by atoms with E-state index in [1.54, 1.807) is 22.9 Å². The molecule has 0 aliphatic heterocycles. The molecule has 0 spiro atoms. The first-order chi connectivity index (χ1) is 8.87. The van der Waals surface area contributed by atoms with Crippen molar-refractivity contribution in [3.05, 3.63) is 36.0 Å². The quantitative estimate of drug-likeness (QED) is 0.931. The first kappa shape index (κ1) is 13.4. The lowest BCUT2D eigenvalue weighted by Crippen LogP contribution is -2.17. The molecule has 0 unspecified atom stereocenters. The van der Waals surface area contributed by atoms with E-state index >= 15 is 0 Å². The van der Waals surface area contributed by atoms with Gasteiger partial charge in [0.2, 0.25) is 0 Å². The molecule has 102 valence electrons. The maximum atomic E-state index is 11.8. The van der Waals surface area contributed by atoms with Crippen molar-refractivity contribution in [3.8, 4) is 0 Å². The Kier molecular flexibility index (Phi) is 3.48. The minimum Gasteiger partial charge on any atom is -0.478 e. The fraction of sp³-hybridized carbons (Fsp3) is 0.250.